The van der Waals surface area contributed by atoms with Gasteiger partial charge in [0, 0.05) is 19.0 Å². The van der Waals surface area contributed by atoms with Gasteiger partial charge < -0.3 is 10.7 Å². The monoisotopic (exact) mass is 373 g/mol. The lowest BCUT2D eigenvalue weighted by Crippen LogP contribution is -2.32. The van der Waals surface area contributed by atoms with Crippen molar-refractivity contribution in [2.75, 3.05) is 18.1 Å². The molecular weight excluding hydrogens is 346 g/mol. The van der Waals surface area contributed by atoms with Crippen molar-refractivity contribution >= 4 is 17.7 Å². The van der Waals surface area contributed by atoms with E-state index in [1.807, 2.05) is 42.2 Å². The average Bonchev–Trinajstić information content (AvgIpc) is 3.06. The first kappa shape index (κ1) is 18.8. The molecule has 1 fully saturated rings. The zero-order chi connectivity index (χ0) is 18.4. The first-order valence-corrected chi connectivity index (χ1v) is 10.3. The average molecular weight is 374 g/mol. The number of benzene rings is 1. The van der Waals surface area contributed by atoms with E-state index in [2.05, 4.69) is 10.2 Å². The van der Waals surface area contributed by atoms with E-state index in [9.17, 15) is 4.79 Å². The van der Waals surface area contributed by atoms with Crippen LogP contribution in [0.25, 0.3) is 0 Å². The molecule has 0 radical (unpaired) electrons. The van der Waals surface area contributed by atoms with Crippen LogP contribution in [0.15, 0.2) is 35.5 Å². The number of carbonyl (C=O) groups is 1. The Morgan fingerprint density at radius 1 is 1.23 bits per heavy atom. The van der Waals surface area contributed by atoms with Crippen molar-refractivity contribution in [3.63, 3.8) is 0 Å². The van der Waals surface area contributed by atoms with Gasteiger partial charge in [-0.25, -0.2) is 4.68 Å². The SMILES string of the molecule is CCN(Cc1ccccc1)C(=O)CSc1nnc(C2CCCCC2)n1N. The third-order valence-corrected chi connectivity index (χ3v) is 5.86. The van der Waals surface area contributed by atoms with Gasteiger partial charge in [-0.1, -0.05) is 61.4 Å². The third-order valence-electron chi connectivity index (χ3n) is 4.94. The largest absolute Gasteiger partial charge is 0.338 e. The van der Waals surface area contributed by atoms with Gasteiger partial charge in [-0.2, -0.15) is 0 Å². The van der Waals surface area contributed by atoms with Crippen LogP contribution in [0, 0.1) is 0 Å². The van der Waals surface area contributed by atoms with Crippen molar-refractivity contribution in [1.82, 2.24) is 19.8 Å². The maximum atomic E-state index is 12.6. The molecule has 0 atom stereocenters. The van der Waals surface area contributed by atoms with Crippen LogP contribution in [0.4, 0.5) is 0 Å². The van der Waals surface area contributed by atoms with Crippen molar-refractivity contribution in [2.45, 2.75) is 56.6 Å². The normalized spacial score (nSPS) is 15.1. The van der Waals surface area contributed by atoms with Gasteiger partial charge in [0.1, 0.15) is 0 Å². The summed E-state index contributed by atoms with van der Waals surface area (Å²) in [5.74, 6) is 7.86. The van der Waals surface area contributed by atoms with Crippen LogP contribution in [0.5, 0.6) is 0 Å². The lowest BCUT2D eigenvalue weighted by Gasteiger charge is -2.21. The molecule has 1 heterocycles. The quantitative estimate of drug-likeness (QED) is 0.596. The fraction of sp³-hybridized carbons (Fsp3) is 0.526. The minimum atomic E-state index is 0.0866. The van der Waals surface area contributed by atoms with Crippen molar-refractivity contribution in [3.8, 4) is 0 Å². The van der Waals surface area contributed by atoms with Crippen molar-refractivity contribution in [1.29, 1.82) is 0 Å². The smallest absolute Gasteiger partial charge is 0.233 e. The Bertz CT molecular complexity index is 712. The van der Waals surface area contributed by atoms with Crippen molar-refractivity contribution in [3.05, 3.63) is 41.7 Å². The molecule has 0 bridgehead atoms. The molecule has 1 amide bonds. The van der Waals surface area contributed by atoms with Gasteiger partial charge in [-0.3, -0.25) is 4.79 Å². The van der Waals surface area contributed by atoms with Crippen LogP contribution in [0.2, 0.25) is 0 Å². The summed E-state index contributed by atoms with van der Waals surface area (Å²) < 4.78 is 1.58. The van der Waals surface area contributed by atoms with Gasteiger partial charge in [0.25, 0.3) is 0 Å². The second-order valence-corrected chi connectivity index (χ2v) is 7.67. The van der Waals surface area contributed by atoms with Gasteiger partial charge >= 0.3 is 0 Å². The van der Waals surface area contributed by atoms with Gasteiger partial charge in [-0.15, -0.1) is 10.2 Å². The summed E-state index contributed by atoms with van der Waals surface area (Å²) in [6.45, 7) is 3.30. The topological polar surface area (TPSA) is 77.0 Å². The van der Waals surface area contributed by atoms with Crippen LogP contribution < -0.4 is 5.84 Å². The number of hydrogen-bond donors (Lipinski definition) is 1. The maximum Gasteiger partial charge on any atom is 0.233 e. The van der Waals surface area contributed by atoms with E-state index in [1.54, 1.807) is 4.68 Å². The van der Waals surface area contributed by atoms with E-state index in [4.69, 9.17) is 5.84 Å². The number of nitrogens with zero attached hydrogens (tertiary/aromatic N) is 4. The zero-order valence-electron chi connectivity index (χ0n) is 15.3. The Hall–Kier alpha value is -2.02. The molecular formula is C19H27N5OS. The third kappa shape index (κ3) is 4.58. The molecule has 0 spiro atoms. The zero-order valence-corrected chi connectivity index (χ0v) is 16.1. The number of rotatable bonds is 7. The summed E-state index contributed by atoms with van der Waals surface area (Å²) in [6, 6.07) is 10.0. The molecule has 1 aromatic heterocycles. The van der Waals surface area contributed by atoms with E-state index in [1.165, 1.54) is 31.0 Å². The molecule has 1 aromatic carbocycles. The summed E-state index contributed by atoms with van der Waals surface area (Å²) in [5.41, 5.74) is 1.13. The maximum absolute atomic E-state index is 12.6. The van der Waals surface area contributed by atoms with Crippen LogP contribution in [0.3, 0.4) is 0 Å². The summed E-state index contributed by atoms with van der Waals surface area (Å²) in [4.78, 5) is 14.4. The Labute approximate surface area is 159 Å². The second-order valence-electron chi connectivity index (χ2n) is 6.73. The highest BCUT2D eigenvalue weighted by Gasteiger charge is 2.23. The molecule has 2 N–H and O–H groups in total. The number of nitrogens with two attached hydrogens (primary N) is 1. The number of aromatic nitrogens is 3. The van der Waals surface area contributed by atoms with E-state index in [0.717, 1.165) is 24.2 Å². The standard InChI is InChI=1S/C19H27N5OS/c1-2-23(13-15-9-5-3-6-10-15)17(25)14-26-19-22-21-18(24(19)20)16-11-7-4-8-12-16/h3,5-6,9-10,16H,2,4,7-8,11-14,20H2,1H3. The van der Waals surface area contributed by atoms with Crippen LogP contribution in [0.1, 0.15) is 56.3 Å². The van der Waals surface area contributed by atoms with Gasteiger partial charge in [-0.05, 0) is 25.3 Å². The van der Waals surface area contributed by atoms with Crippen LogP contribution >= 0.6 is 11.8 Å². The minimum absolute atomic E-state index is 0.0866. The number of nitrogen functional groups attached to an aromatic ring is 1. The van der Waals surface area contributed by atoms with Crippen molar-refractivity contribution in [2.24, 2.45) is 0 Å². The molecule has 6 nitrogen and oxygen atoms in total. The Balaban J connectivity index is 1.57. The molecule has 0 aliphatic heterocycles. The highest BCUT2D eigenvalue weighted by molar-refractivity contribution is 7.99. The van der Waals surface area contributed by atoms with E-state index < -0.39 is 0 Å². The summed E-state index contributed by atoms with van der Waals surface area (Å²) in [7, 11) is 0. The second kappa shape index (κ2) is 9.07. The number of amides is 1. The molecule has 0 unspecified atom stereocenters. The first-order valence-electron chi connectivity index (χ1n) is 9.34. The van der Waals surface area contributed by atoms with E-state index in [0.29, 0.717) is 29.9 Å². The molecule has 1 aliphatic rings. The number of thioether (sulfide) groups is 1. The molecule has 1 saturated carbocycles. The highest BCUT2D eigenvalue weighted by atomic mass is 32.2. The molecule has 2 aromatic rings. The lowest BCUT2D eigenvalue weighted by molar-refractivity contribution is -0.128. The van der Waals surface area contributed by atoms with E-state index >= 15 is 0 Å². The van der Waals surface area contributed by atoms with Gasteiger partial charge in [0.2, 0.25) is 11.1 Å². The Morgan fingerprint density at radius 3 is 2.65 bits per heavy atom. The fourth-order valence-electron chi connectivity index (χ4n) is 3.42. The van der Waals surface area contributed by atoms with Gasteiger partial charge in [0.05, 0.1) is 5.75 Å². The molecule has 140 valence electrons. The Kier molecular flexibility index (Phi) is 6.55. The lowest BCUT2D eigenvalue weighted by atomic mass is 9.89. The fourth-order valence-corrected chi connectivity index (χ4v) is 4.19. The highest BCUT2D eigenvalue weighted by Crippen LogP contribution is 2.32. The summed E-state index contributed by atoms with van der Waals surface area (Å²) in [5, 5.41) is 9.12. The Morgan fingerprint density at radius 2 is 1.96 bits per heavy atom. The predicted molar refractivity (Wildman–Crippen MR) is 104 cm³/mol. The minimum Gasteiger partial charge on any atom is -0.338 e. The predicted octanol–water partition coefficient (Wildman–Crippen LogP) is 3.18. The molecule has 3 rings (SSSR count). The van der Waals surface area contributed by atoms with Crippen LogP contribution in [-0.4, -0.2) is 38.0 Å². The van der Waals surface area contributed by atoms with Crippen molar-refractivity contribution < 1.29 is 4.79 Å². The first-order chi connectivity index (χ1) is 12.7. The van der Waals surface area contributed by atoms with Gasteiger partial charge in [0.15, 0.2) is 5.82 Å². The summed E-state index contributed by atoms with van der Waals surface area (Å²) >= 11 is 1.37. The number of carbonyl (C=O) groups excluding carboxylic acids is 1. The molecule has 26 heavy (non-hydrogen) atoms. The van der Waals surface area contributed by atoms with E-state index in [-0.39, 0.29) is 5.91 Å². The summed E-state index contributed by atoms with van der Waals surface area (Å²) in [6.07, 6.45) is 5.99. The molecule has 0 saturated heterocycles. The number of hydrogen-bond acceptors (Lipinski definition) is 5. The molecule has 7 heteroatoms. The van der Waals surface area contributed by atoms with Crippen LogP contribution in [-0.2, 0) is 11.3 Å². The molecule has 1 aliphatic carbocycles.